The van der Waals surface area contributed by atoms with E-state index in [-0.39, 0.29) is 12.5 Å². The van der Waals surface area contributed by atoms with Crippen molar-refractivity contribution in [2.24, 2.45) is 0 Å². The number of anilines is 1. The van der Waals surface area contributed by atoms with E-state index < -0.39 is 5.60 Å². The Labute approximate surface area is 128 Å². The van der Waals surface area contributed by atoms with Crippen molar-refractivity contribution in [2.75, 3.05) is 25.0 Å². The van der Waals surface area contributed by atoms with Crippen LogP contribution in [0.25, 0.3) is 0 Å². The lowest BCUT2D eigenvalue weighted by atomic mass is 9.89. The second-order valence-electron chi connectivity index (χ2n) is 5.26. The predicted molar refractivity (Wildman–Crippen MR) is 81.4 cm³/mol. The van der Waals surface area contributed by atoms with Crippen LogP contribution in [-0.4, -0.2) is 41.1 Å². The molecule has 1 fully saturated rings. The van der Waals surface area contributed by atoms with E-state index in [0.29, 0.717) is 28.8 Å². The first-order valence-electron chi connectivity index (χ1n) is 6.62. The van der Waals surface area contributed by atoms with Gasteiger partial charge in [0.15, 0.2) is 0 Å². The summed E-state index contributed by atoms with van der Waals surface area (Å²) in [7, 11) is 0. The number of benzene rings is 1. The maximum atomic E-state index is 11.9. The fourth-order valence-electron chi connectivity index (χ4n) is 2.52. The topological polar surface area (TPSA) is 52.6 Å². The van der Waals surface area contributed by atoms with E-state index in [1.54, 1.807) is 18.2 Å². The number of aliphatic hydroxyl groups is 1. The average molecular weight is 317 g/mol. The zero-order chi connectivity index (χ0) is 14.8. The van der Waals surface area contributed by atoms with Crippen LogP contribution in [0.5, 0.6) is 0 Å². The normalized spacial score (nSPS) is 17.6. The lowest BCUT2D eigenvalue weighted by Gasteiger charge is -2.46. The van der Waals surface area contributed by atoms with Crippen LogP contribution in [0.15, 0.2) is 18.2 Å². The zero-order valence-electron chi connectivity index (χ0n) is 11.3. The summed E-state index contributed by atoms with van der Waals surface area (Å²) in [6, 6.07) is 5.07. The number of β-amino-alcohol motifs (C(OH)–C–C–N with tert-alkyl or cyclic N) is 1. The quantitative estimate of drug-likeness (QED) is 0.878. The number of nitrogens with zero attached hydrogens (tertiary/aromatic N) is 1. The third-order valence-corrected chi connectivity index (χ3v) is 3.98. The van der Waals surface area contributed by atoms with Crippen molar-refractivity contribution in [1.82, 2.24) is 4.90 Å². The van der Waals surface area contributed by atoms with Crippen molar-refractivity contribution in [1.29, 1.82) is 0 Å². The summed E-state index contributed by atoms with van der Waals surface area (Å²) in [6.07, 6.45) is 1.70. The first-order valence-corrected chi connectivity index (χ1v) is 7.38. The fourth-order valence-corrected chi connectivity index (χ4v) is 3.01. The third-order valence-electron chi connectivity index (χ3n) is 3.35. The van der Waals surface area contributed by atoms with Gasteiger partial charge in [-0.05, 0) is 18.6 Å². The second kappa shape index (κ2) is 6.31. The molecule has 1 heterocycles. The van der Waals surface area contributed by atoms with Gasteiger partial charge < -0.3 is 10.4 Å². The van der Waals surface area contributed by atoms with Gasteiger partial charge in [0.05, 0.1) is 27.9 Å². The molecule has 2 rings (SSSR count). The van der Waals surface area contributed by atoms with Crippen LogP contribution in [0.3, 0.4) is 0 Å². The van der Waals surface area contributed by atoms with Gasteiger partial charge in [0.1, 0.15) is 0 Å². The molecule has 0 radical (unpaired) electrons. The molecule has 1 aliphatic rings. The molecule has 0 atom stereocenters. The van der Waals surface area contributed by atoms with E-state index in [4.69, 9.17) is 23.2 Å². The Balaban J connectivity index is 1.86. The number of rotatable bonds is 5. The monoisotopic (exact) mass is 316 g/mol. The van der Waals surface area contributed by atoms with Gasteiger partial charge in [-0.1, -0.05) is 42.6 Å². The molecule has 0 spiro atoms. The lowest BCUT2D eigenvalue weighted by molar-refractivity contribution is -0.129. The van der Waals surface area contributed by atoms with E-state index in [1.807, 2.05) is 11.8 Å². The number of hydrogen-bond donors (Lipinski definition) is 2. The predicted octanol–water partition coefficient (Wildman–Crippen LogP) is 2.78. The minimum atomic E-state index is -0.628. The van der Waals surface area contributed by atoms with Crippen LogP contribution in [0.2, 0.25) is 10.0 Å². The fraction of sp³-hybridized carbons (Fsp3) is 0.500. The van der Waals surface area contributed by atoms with Gasteiger partial charge in [-0.2, -0.15) is 0 Å². The summed E-state index contributed by atoms with van der Waals surface area (Å²) in [5, 5.41) is 13.6. The number of nitrogens with one attached hydrogen (secondary N) is 1. The molecule has 110 valence electrons. The van der Waals surface area contributed by atoms with Gasteiger partial charge in [0.2, 0.25) is 5.91 Å². The first kappa shape index (κ1) is 15.6. The minimum absolute atomic E-state index is 0.182. The summed E-state index contributed by atoms with van der Waals surface area (Å²) in [5.74, 6) is -0.182. The molecule has 0 saturated carbocycles. The second-order valence-corrected chi connectivity index (χ2v) is 6.08. The van der Waals surface area contributed by atoms with Gasteiger partial charge in [0.25, 0.3) is 0 Å². The Morgan fingerprint density at radius 3 is 2.55 bits per heavy atom. The minimum Gasteiger partial charge on any atom is -0.387 e. The molecular weight excluding hydrogens is 299 g/mol. The summed E-state index contributed by atoms with van der Waals surface area (Å²) in [6.45, 7) is 3.33. The van der Waals surface area contributed by atoms with Crippen LogP contribution < -0.4 is 5.32 Å². The van der Waals surface area contributed by atoms with Gasteiger partial charge >= 0.3 is 0 Å². The highest BCUT2D eigenvalue weighted by Crippen LogP contribution is 2.30. The third kappa shape index (κ3) is 3.64. The van der Waals surface area contributed by atoms with Crippen LogP contribution in [0.1, 0.15) is 19.8 Å². The van der Waals surface area contributed by atoms with Crippen LogP contribution >= 0.6 is 23.2 Å². The van der Waals surface area contributed by atoms with Crippen molar-refractivity contribution in [3.05, 3.63) is 28.2 Å². The van der Waals surface area contributed by atoms with Crippen molar-refractivity contribution in [3.8, 4) is 0 Å². The molecule has 20 heavy (non-hydrogen) atoms. The van der Waals surface area contributed by atoms with Gasteiger partial charge in [0, 0.05) is 13.1 Å². The maximum absolute atomic E-state index is 11.9. The Morgan fingerprint density at radius 2 is 2.00 bits per heavy atom. The molecule has 1 amide bonds. The highest BCUT2D eigenvalue weighted by Gasteiger charge is 2.40. The summed E-state index contributed by atoms with van der Waals surface area (Å²) >= 11 is 12.0. The molecule has 6 heteroatoms. The van der Waals surface area contributed by atoms with E-state index >= 15 is 0 Å². The van der Waals surface area contributed by atoms with Gasteiger partial charge in [-0.3, -0.25) is 9.69 Å². The Hall–Kier alpha value is -0.810. The zero-order valence-corrected chi connectivity index (χ0v) is 12.8. The van der Waals surface area contributed by atoms with Crippen LogP contribution in [0, 0.1) is 0 Å². The molecular formula is C14H18Cl2N2O2. The number of amides is 1. The number of likely N-dealkylation sites (tertiary alicyclic amines) is 1. The highest BCUT2D eigenvalue weighted by molar-refractivity contribution is 6.39. The molecule has 1 saturated heterocycles. The molecule has 0 aliphatic carbocycles. The van der Waals surface area contributed by atoms with Crippen LogP contribution in [0.4, 0.5) is 5.69 Å². The highest BCUT2D eigenvalue weighted by atomic mass is 35.5. The average Bonchev–Trinajstić information content (AvgIpc) is 2.32. The number of hydrogen-bond acceptors (Lipinski definition) is 3. The largest absolute Gasteiger partial charge is 0.387 e. The molecule has 1 aliphatic heterocycles. The SMILES string of the molecule is CCCC1(O)CN(CC(=O)Nc2c(Cl)cccc2Cl)C1. The Morgan fingerprint density at radius 1 is 1.40 bits per heavy atom. The number of carbonyl (C=O) groups is 1. The van der Waals surface area contributed by atoms with E-state index in [0.717, 1.165) is 12.8 Å². The molecule has 1 aromatic rings. The summed E-state index contributed by atoms with van der Waals surface area (Å²) in [4.78, 5) is 13.8. The van der Waals surface area contributed by atoms with Crippen LogP contribution in [-0.2, 0) is 4.79 Å². The number of carbonyl (C=O) groups excluding carboxylic acids is 1. The van der Waals surface area contributed by atoms with Gasteiger partial charge in [-0.25, -0.2) is 0 Å². The molecule has 0 bridgehead atoms. The Bertz CT molecular complexity index is 482. The molecule has 0 unspecified atom stereocenters. The maximum Gasteiger partial charge on any atom is 0.238 e. The van der Waals surface area contributed by atoms with Crippen molar-refractivity contribution >= 4 is 34.8 Å². The van der Waals surface area contributed by atoms with Crippen molar-refractivity contribution in [2.45, 2.75) is 25.4 Å². The molecule has 0 aromatic heterocycles. The van der Waals surface area contributed by atoms with Crippen molar-refractivity contribution < 1.29 is 9.90 Å². The van der Waals surface area contributed by atoms with E-state index in [1.165, 1.54) is 0 Å². The smallest absolute Gasteiger partial charge is 0.238 e. The number of halogens is 2. The summed E-state index contributed by atoms with van der Waals surface area (Å²) in [5.41, 5.74) is -0.193. The summed E-state index contributed by atoms with van der Waals surface area (Å²) < 4.78 is 0. The van der Waals surface area contributed by atoms with Gasteiger partial charge in [-0.15, -0.1) is 0 Å². The molecule has 2 N–H and O–H groups in total. The molecule has 4 nitrogen and oxygen atoms in total. The van der Waals surface area contributed by atoms with Crippen molar-refractivity contribution in [3.63, 3.8) is 0 Å². The lowest BCUT2D eigenvalue weighted by Crippen LogP contribution is -2.62. The van der Waals surface area contributed by atoms with E-state index in [9.17, 15) is 9.90 Å². The first-order chi connectivity index (χ1) is 9.43. The number of para-hydroxylation sites is 1. The Kier molecular flexibility index (Phi) is 4.91. The standard InChI is InChI=1S/C14H18Cl2N2O2/c1-2-6-14(20)8-18(9-14)7-12(19)17-13-10(15)4-3-5-11(13)16/h3-5,20H,2,6-9H2,1H3,(H,17,19). The molecule has 1 aromatic carbocycles. The van der Waals surface area contributed by atoms with E-state index in [2.05, 4.69) is 5.32 Å².